The van der Waals surface area contributed by atoms with Crippen LogP contribution in [0.2, 0.25) is 0 Å². The monoisotopic (exact) mass is 210 g/mol. The average Bonchev–Trinajstić information content (AvgIpc) is 2.11. The maximum Gasteiger partial charge on any atom is 0.129 e. The Hall–Kier alpha value is -1.38. The zero-order chi connectivity index (χ0) is 11.8. The van der Waals surface area contributed by atoms with Gasteiger partial charge in [-0.25, -0.2) is 0 Å². The van der Waals surface area contributed by atoms with Gasteiger partial charge in [0.15, 0.2) is 0 Å². The molecule has 0 bridgehead atoms. The first-order valence-electron chi connectivity index (χ1n) is 4.89. The van der Waals surface area contributed by atoms with Gasteiger partial charge in [0.2, 0.25) is 0 Å². The standard InChI is InChI=1S/C12H18O3/c1-7-8(13)6-9(15-5)10(11(7)14)12(2,3)4/h6,13-14H,1-5H3. The lowest BCUT2D eigenvalue weighted by atomic mass is 9.84. The van der Waals surface area contributed by atoms with Gasteiger partial charge < -0.3 is 14.9 Å². The lowest BCUT2D eigenvalue weighted by Crippen LogP contribution is -2.13. The van der Waals surface area contributed by atoms with Crippen LogP contribution in [-0.4, -0.2) is 17.3 Å². The maximum atomic E-state index is 9.99. The summed E-state index contributed by atoms with van der Waals surface area (Å²) in [6.07, 6.45) is 0. The second kappa shape index (κ2) is 3.65. The number of benzene rings is 1. The second-order valence-corrected chi connectivity index (χ2v) is 4.70. The minimum Gasteiger partial charge on any atom is -0.507 e. The van der Waals surface area contributed by atoms with E-state index in [-0.39, 0.29) is 16.9 Å². The fourth-order valence-corrected chi connectivity index (χ4v) is 1.62. The van der Waals surface area contributed by atoms with Crippen LogP contribution in [0.3, 0.4) is 0 Å². The first kappa shape index (κ1) is 11.7. The first-order valence-corrected chi connectivity index (χ1v) is 4.89. The molecule has 0 saturated carbocycles. The molecule has 1 aromatic carbocycles. The van der Waals surface area contributed by atoms with Gasteiger partial charge in [0, 0.05) is 17.2 Å². The van der Waals surface area contributed by atoms with E-state index in [0.29, 0.717) is 11.3 Å². The van der Waals surface area contributed by atoms with Crippen LogP contribution in [0.4, 0.5) is 0 Å². The number of phenols is 2. The molecule has 0 spiro atoms. The van der Waals surface area contributed by atoms with E-state index in [1.807, 2.05) is 20.8 Å². The lowest BCUT2D eigenvalue weighted by molar-refractivity contribution is 0.371. The van der Waals surface area contributed by atoms with E-state index in [1.54, 1.807) is 6.92 Å². The van der Waals surface area contributed by atoms with Crippen LogP contribution in [0.5, 0.6) is 17.2 Å². The minimum absolute atomic E-state index is 0.0531. The Morgan fingerprint density at radius 3 is 2.13 bits per heavy atom. The molecule has 15 heavy (non-hydrogen) atoms. The SMILES string of the molecule is COc1cc(O)c(C)c(O)c1C(C)(C)C. The zero-order valence-corrected chi connectivity index (χ0v) is 9.88. The largest absolute Gasteiger partial charge is 0.507 e. The van der Waals surface area contributed by atoms with Crippen molar-refractivity contribution in [1.29, 1.82) is 0 Å². The quantitative estimate of drug-likeness (QED) is 0.749. The van der Waals surface area contributed by atoms with Crippen LogP contribution >= 0.6 is 0 Å². The Morgan fingerprint density at radius 2 is 1.73 bits per heavy atom. The number of hydrogen-bond donors (Lipinski definition) is 2. The summed E-state index contributed by atoms with van der Waals surface area (Å²) < 4.78 is 5.17. The van der Waals surface area contributed by atoms with Crippen molar-refractivity contribution in [3.05, 3.63) is 17.2 Å². The molecule has 0 atom stereocenters. The molecule has 3 heteroatoms. The zero-order valence-electron chi connectivity index (χ0n) is 9.88. The van der Waals surface area contributed by atoms with Crippen molar-refractivity contribution < 1.29 is 14.9 Å². The fraction of sp³-hybridized carbons (Fsp3) is 0.500. The molecule has 84 valence electrons. The van der Waals surface area contributed by atoms with E-state index < -0.39 is 0 Å². The molecule has 2 N–H and O–H groups in total. The van der Waals surface area contributed by atoms with Gasteiger partial charge in [-0.1, -0.05) is 20.8 Å². The van der Waals surface area contributed by atoms with Crippen molar-refractivity contribution in [3.8, 4) is 17.2 Å². The van der Waals surface area contributed by atoms with E-state index in [0.717, 1.165) is 5.56 Å². The van der Waals surface area contributed by atoms with Crippen LogP contribution < -0.4 is 4.74 Å². The summed E-state index contributed by atoms with van der Waals surface area (Å²) in [5.74, 6) is 0.680. The Labute approximate surface area is 90.3 Å². The number of aromatic hydroxyl groups is 2. The minimum atomic E-state index is -0.228. The van der Waals surface area contributed by atoms with E-state index in [9.17, 15) is 10.2 Å². The molecule has 1 rings (SSSR count). The highest BCUT2D eigenvalue weighted by Crippen LogP contribution is 2.43. The number of phenolic OH excluding ortho intramolecular Hbond substituents is 2. The summed E-state index contributed by atoms with van der Waals surface area (Å²) in [6.45, 7) is 7.64. The van der Waals surface area contributed by atoms with Crippen molar-refractivity contribution in [2.75, 3.05) is 7.11 Å². The number of hydrogen-bond acceptors (Lipinski definition) is 3. The first-order chi connectivity index (χ1) is 6.79. The van der Waals surface area contributed by atoms with E-state index >= 15 is 0 Å². The number of methoxy groups -OCH3 is 1. The molecule has 0 radical (unpaired) electrons. The lowest BCUT2D eigenvalue weighted by Gasteiger charge is -2.24. The van der Waals surface area contributed by atoms with Crippen molar-refractivity contribution >= 4 is 0 Å². The fourth-order valence-electron chi connectivity index (χ4n) is 1.62. The highest BCUT2D eigenvalue weighted by Gasteiger charge is 2.25. The summed E-state index contributed by atoms with van der Waals surface area (Å²) in [6, 6.07) is 1.54. The van der Waals surface area contributed by atoms with E-state index in [1.165, 1.54) is 13.2 Å². The Morgan fingerprint density at radius 1 is 1.20 bits per heavy atom. The highest BCUT2D eigenvalue weighted by molar-refractivity contribution is 5.57. The van der Waals surface area contributed by atoms with Crippen LogP contribution in [0, 0.1) is 6.92 Å². The topological polar surface area (TPSA) is 49.7 Å². The van der Waals surface area contributed by atoms with Gasteiger partial charge in [-0.15, -0.1) is 0 Å². The van der Waals surface area contributed by atoms with Gasteiger partial charge in [-0.2, -0.15) is 0 Å². The van der Waals surface area contributed by atoms with Crippen molar-refractivity contribution in [1.82, 2.24) is 0 Å². The highest BCUT2D eigenvalue weighted by atomic mass is 16.5. The average molecular weight is 210 g/mol. The normalized spacial score (nSPS) is 11.5. The van der Waals surface area contributed by atoms with Crippen LogP contribution in [0.15, 0.2) is 6.07 Å². The van der Waals surface area contributed by atoms with Gasteiger partial charge in [0.05, 0.1) is 7.11 Å². The molecule has 0 aliphatic rings. The van der Waals surface area contributed by atoms with Crippen molar-refractivity contribution in [2.24, 2.45) is 0 Å². The molecule has 0 aliphatic carbocycles. The van der Waals surface area contributed by atoms with Gasteiger partial charge in [-0.05, 0) is 12.3 Å². The summed E-state index contributed by atoms with van der Waals surface area (Å²) in [5, 5.41) is 19.5. The third-order valence-corrected chi connectivity index (χ3v) is 2.46. The Kier molecular flexibility index (Phi) is 2.84. The van der Waals surface area contributed by atoms with Crippen LogP contribution in [0.25, 0.3) is 0 Å². The number of rotatable bonds is 1. The Balaban J connectivity index is 3.55. The van der Waals surface area contributed by atoms with Gasteiger partial charge in [0.25, 0.3) is 0 Å². The summed E-state index contributed by atoms with van der Waals surface area (Å²) in [5.41, 5.74) is 0.981. The molecular formula is C12H18O3. The molecule has 0 unspecified atom stereocenters. The summed E-state index contributed by atoms with van der Waals surface area (Å²) in [4.78, 5) is 0. The maximum absolute atomic E-state index is 9.99. The molecule has 0 aliphatic heterocycles. The summed E-state index contributed by atoms with van der Waals surface area (Å²) in [7, 11) is 1.53. The third kappa shape index (κ3) is 2.01. The van der Waals surface area contributed by atoms with E-state index in [4.69, 9.17) is 4.74 Å². The van der Waals surface area contributed by atoms with Crippen LogP contribution in [0.1, 0.15) is 31.9 Å². The van der Waals surface area contributed by atoms with Crippen molar-refractivity contribution in [3.63, 3.8) is 0 Å². The second-order valence-electron chi connectivity index (χ2n) is 4.70. The van der Waals surface area contributed by atoms with Gasteiger partial charge in [-0.3, -0.25) is 0 Å². The van der Waals surface area contributed by atoms with Crippen molar-refractivity contribution in [2.45, 2.75) is 33.1 Å². The molecule has 0 fully saturated rings. The molecule has 0 amide bonds. The summed E-state index contributed by atoms with van der Waals surface area (Å²) >= 11 is 0. The molecule has 0 heterocycles. The third-order valence-electron chi connectivity index (χ3n) is 2.46. The van der Waals surface area contributed by atoms with Gasteiger partial charge in [0.1, 0.15) is 17.2 Å². The number of ether oxygens (including phenoxy) is 1. The van der Waals surface area contributed by atoms with E-state index in [2.05, 4.69) is 0 Å². The predicted molar refractivity (Wildman–Crippen MR) is 59.8 cm³/mol. The molecular weight excluding hydrogens is 192 g/mol. The molecule has 3 nitrogen and oxygen atoms in total. The predicted octanol–water partition coefficient (Wildman–Crippen LogP) is 2.71. The molecule has 1 aromatic rings. The smallest absolute Gasteiger partial charge is 0.129 e. The Bertz CT molecular complexity index is 375. The molecule has 0 saturated heterocycles. The van der Waals surface area contributed by atoms with Crippen LogP contribution in [-0.2, 0) is 5.41 Å². The van der Waals surface area contributed by atoms with Gasteiger partial charge >= 0.3 is 0 Å². The molecule has 0 aromatic heterocycles.